The molecular formula is C29H35Cl2Zr-. The molecule has 0 nitrogen and oxygen atoms in total. The van der Waals surface area contributed by atoms with Crippen LogP contribution in [0.2, 0.25) is 0 Å². The van der Waals surface area contributed by atoms with Crippen LogP contribution in [0.15, 0.2) is 54.6 Å². The quantitative estimate of drug-likeness (QED) is 0.226. The second-order valence-electron chi connectivity index (χ2n) is 9.76. The topological polar surface area (TPSA) is 0 Å². The van der Waals surface area contributed by atoms with Gasteiger partial charge in [-0.25, -0.2) is 0 Å². The zero-order chi connectivity index (χ0) is 22.2. The number of halogens is 2. The summed E-state index contributed by atoms with van der Waals surface area (Å²) in [7, 11) is 9.87. The first-order chi connectivity index (χ1) is 15.8. The van der Waals surface area contributed by atoms with Gasteiger partial charge < -0.3 is 0 Å². The Balaban J connectivity index is 0.000000775. The first kappa shape index (κ1) is 24.6. The van der Waals surface area contributed by atoms with Crippen molar-refractivity contribution in [1.29, 1.82) is 0 Å². The smallest absolute Gasteiger partial charge is 0.0162 e. The molecule has 170 valence electrons. The van der Waals surface area contributed by atoms with Crippen molar-refractivity contribution in [2.24, 2.45) is 5.92 Å². The summed E-state index contributed by atoms with van der Waals surface area (Å²) in [6.45, 7) is 0. The van der Waals surface area contributed by atoms with Crippen molar-refractivity contribution in [3.8, 4) is 11.1 Å². The van der Waals surface area contributed by atoms with Gasteiger partial charge in [0.15, 0.2) is 0 Å². The Hall–Kier alpha value is -0.487. The average Bonchev–Trinajstić information content (AvgIpc) is 3.07. The van der Waals surface area contributed by atoms with Gasteiger partial charge in [0, 0.05) is 0 Å². The van der Waals surface area contributed by atoms with E-state index in [1.54, 1.807) is 11.1 Å². The molecule has 2 saturated carbocycles. The molecule has 0 aromatic heterocycles. The molecule has 0 aliphatic heterocycles. The van der Waals surface area contributed by atoms with E-state index in [2.05, 4.69) is 54.6 Å². The van der Waals surface area contributed by atoms with Crippen molar-refractivity contribution in [3.05, 3.63) is 65.7 Å². The minimum Gasteiger partial charge on any atom is -0.164 e. The fourth-order valence-electron chi connectivity index (χ4n) is 5.94. The normalized spacial score (nSPS) is 18.1. The Kier molecular flexibility index (Phi) is 9.88. The van der Waals surface area contributed by atoms with Crippen LogP contribution in [0.3, 0.4) is 0 Å². The predicted octanol–water partition coefficient (Wildman–Crippen LogP) is 10.2. The van der Waals surface area contributed by atoms with Crippen molar-refractivity contribution < 1.29 is 20.8 Å². The predicted molar refractivity (Wildman–Crippen MR) is 137 cm³/mol. The molecule has 0 N–H and O–H groups in total. The van der Waals surface area contributed by atoms with E-state index in [4.69, 9.17) is 17.0 Å². The molecule has 3 heteroatoms. The summed E-state index contributed by atoms with van der Waals surface area (Å²) in [5.41, 5.74) is 5.89. The van der Waals surface area contributed by atoms with Crippen molar-refractivity contribution in [1.82, 2.24) is 0 Å². The Morgan fingerprint density at radius 3 is 2.09 bits per heavy atom. The molecule has 3 aromatic rings. The van der Waals surface area contributed by atoms with Gasteiger partial charge in [0.25, 0.3) is 0 Å². The monoisotopic (exact) mass is 543 g/mol. The van der Waals surface area contributed by atoms with Gasteiger partial charge in [-0.3, -0.25) is 0 Å². The molecule has 2 aliphatic rings. The van der Waals surface area contributed by atoms with Crippen molar-refractivity contribution in [2.75, 3.05) is 0 Å². The Labute approximate surface area is 213 Å². The van der Waals surface area contributed by atoms with E-state index in [0.717, 1.165) is 11.8 Å². The molecular weight excluding hydrogens is 510 g/mol. The molecule has 0 atom stereocenters. The Morgan fingerprint density at radius 1 is 0.781 bits per heavy atom. The van der Waals surface area contributed by atoms with Crippen LogP contribution in [0.1, 0.15) is 87.7 Å². The number of benzene rings is 2. The average molecular weight is 546 g/mol. The van der Waals surface area contributed by atoms with Gasteiger partial charge in [-0.1, -0.05) is 93.7 Å². The van der Waals surface area contributed by atoms with Crippen molar-refractivity contribution >= 4 is 27.8 Å². The molecule has 2 aliphatic carbocycles. The number of fused-ring (bicyclic) bond motifs is 1. The van der Waals surface area contributed by atoms with Gasteiger partial charge in [0.2, 0.25) is 0 Å². The van der Waals surface area contributed by atoms with E-state index in [1.807, 2.05) is 0 Å². The number of hydrogen-bond donors (Lipinski definition) is 0. The molecule has 2 fully saturated rings. The standard InChI is InChI=1S/C29H35.2ClH.Zr/c1-2-5-10-22(9-4-1)19-23-20-27-13-8-14-28(29(27)21-23)26-17-15-25(16-18-26)24-11-6-3-7-12-24;;;/h8,13-18,20-22,24H,1-7,9-12,19H2;2*1H;/q-1;;;+2/p-2. The summed E-state index contributed by atoms with van der Waals surface area (Å²) in [4.78, 5) is 0. The van der Waals surface area contributed by atoms with Crippen LogP contribution in [0.4, 0.5) is 0 Å². The third kappa shape index (κ3) is 6.55. The van der Waals surface area contributed by atoms with E-state index in [0.29, 0.717) is 0 Å². The van der Waals surface area contributed by atoms with Crippen LogP contribution >= 0.6 is 17.0 Å². The molecule has 0 bridgehead atoms. The van der Waals surface area contributed by atoms with Gasteiger partial charge in [-0.15, -0.1) is 34.5 Å². The van der Waals surface area contributed by atoms with Crippen LogP contribution in [-0.2, 0) is 27.3 Å². The molecule has 0 unspecified atom stereocenters. The van der Waals surface area contributed by atoms with Gasteiger partial charge in [-0.05, 0) is 42.2 Å². The van der Waals surface area contributed by atoms with Crippen LogP contribution < -0.4 is 0 Å². The second-order valence-corrected chi connectivity index (χ2v) is 13.5. The van der Waals surface area contributed by atoms with E-state index in [1.165, 1.54) is 98.9 Å². The van der Waals surface area contributed by atoms with Gasteiger partial charge >= 0.3 is 37.9 Å². The van der Waals surface area contributed by atoms with E-state index in [-0.39, 0.29) is 0 Å². The molecule has 0 radical (unpaired) electrons. The number of hydrogen-bond acceptors (Lipinski definition) is 0. The first-order valence-corrected chi connectivity index (χ1v) is 18.9. The molecule has 5 rings (SSSR count). The largest absolute Gasteiger partial charge is 0.164 e. The summed E-state index contributed by atoms with van der Waals surface area (Å²) < 4.78 is 0. The summed E-state index contributed by atoms with van der Waals surface area (Å²) in [6, 6.07) is 21.3. The Morgan fingerprint density at radius 2 is 1.41 bits per heavy atom. The minimum atomic E-state index is -0.826. The Bertz CT molecular complexity index is 945. The third-order valence-corrected chi connectivity index (χ3v) is 7.61. The van der Waals surface area contributed by atoms with Crippen molar-refractivity contribution in [2.45, 2.75) is 83.0 Å². The van der Waals surface area contributed by atoms with E-state index in [9.17, 15) is 0 Å². The molecule has 3 aromatic carbocycles. The molecule has 0 saturated heterocycles. The molecule has 0 spiro atoms. The zero-order valence-electron chi connectivity index (χ0n) is 19.1. The number of rotatable bonds is 4. The second kappa shape index (κ2) is 12.8. The molecule has 32 heavy (non-hydrogen) atoms. The van der Waals surface area contributed by atoms with Crippen LogP contribution in [0.25, 0.3) is 21.9 Å². The van der Waals surface area contributed by atoms with E-state index >= 15 is 0 Å². The first-order valence-electron chi connectivity index (χ1n) is 12.5. The van der Waals surface area contributed by atoms with Gasteiger partial charge in [0.05, 0.1) is 0 Å². The summed E-state index contributed by atoms with van der Waals surface area (Å²) in [6.07, 6.45) is 16.9. The third-order valence-electron chi connectivity index (χ3n) is 7.61. The van der Waals surface area contributed by atoms with Crippen LogP contribution in [0.5, 0.6) is 0 Å². The fraction of sp³-hybridized carbons (Fsp3) is 0.483. The maximum Gasteiger partial charge on any atom is -0.0162 e. The summed E-state index contributed by atoms with van der Waals surface area (Å²) in [5, 5.41) is 2.86. The maximum absolute atomic E-state index is 4.93. The van der Waals surface area contributed by atoms with Crippen molar-refractivity contribution in [3.63, 3.8) is 0 Å². The molecule has 0 amide bonds. The summed E-state index contributed by atoms with van der Waals surface area (Å²) >= 11 is -0.826. The minimum absolute atomic E-state index is 0.790. The van der Waals surface area contributed by atoms with Gasteiger partial charge in [-0.2, -0.15) is 6.07 Å². The zero-order valence-corrected chi connectivity index (χ0v) is 23.1. The van der Waals surface area contributed by atoms with Gasteiger partial charge in [0.1, 0.15) is 0 Å². The summed E-state index contributed by atoms with van der Waals surface area (Å²) in [5.74, 6) is 1.69. The van der Waals surface area contributed by atoms with E-state index < -0.39 is 20.8 Å². The SMILES string of the molecule is [Cl][Zr][Cl].c1cc(-c2ccc(C3CCCCC3)cc2)c2cc(CC3CCCCCC3)[cH-]c2c1. The molecule has 0 heterocycles. The fourth-order valence-corrected chi connectivity index (χ4v) is 5.94. The van der Waals surface area contributed by atoms with Crippen LogP contribution in [0, 0.1) is 5.92 Å². The maximum atomic E-state index is 4.93. The van der Waals surface area contributed by atoms with Crippen LogP contribution in [-0.4, -0.2) is 0 Å².